The summed E-state index contributed by atoms with van der Waals surface area (Å²) in [5.41, 5.74) is 2.35. The fraction of sp³-hybridized carbons (Fsp3) is 0.667. The zero-order valence-corrected chi connectivity index (χ0v) is 7.06. The average Bonchev–Trinajstić information content (AvgIpc) is 1.87. The molecule has 0 aromatic carbocycles. The molecule has 1 rings (SSSR count). The van der Waals surface area contributed by atoms with Crippen LogP contribution in [0.15, 0.2) is 11.1 Å². The minimum Gasteiger partial charge on any atom is -0.295 e. The van der Waals surface area contributed by atoms with Crippen molar-refractivity contribution in [2.24, 2.45) is 11.8 Å². The molecule has 1 aliphatic carbocycles. The van der Waals surface area contributed by atoms with Crippen LogP contribution in [0.5, 0.6) is 0 Å². The zero-order chi connectivity index (χ0) is 7.89. The normalized spacial score (nSPS) is 32.0. The van der Waals surface area contributed by atoms with Gasteiger partial charge in [-0.25, -0.2) is 0 Å². The first-order valence-electron chi connectivity index (χ1n) is 3.77. The van der Waals surface area contributed by atoms with Crippen LogP contribution >= 0.6 is 0 Å². The second-order valence-corrected chi connectivity index (χ2v) is 3.23. The highest BCUT2D eigenvalue weighted by Crippen LogP contribution is 2.39. The lowest BCUT2D eigenvalue weighted by molar-refractivity contribution is -0.114. The molecule has 0 spiro atoms. The maximum absolute atomic E-state index is 10.9. The number of ketones is 1. The highest BCUT2D eigenvalue weighted by atomic mass is 16.1. The quantitative estimate of drug-likeness (QED) is 0.542. The molecule has 2 unspecified atom stereocenters. The van der Waals surface area contributed by atoms with Gasteiger partial charge in [0.1, 0.15) is 0 Å². The van der Waals surface area contributed by atoms with Gasteiger partial charge in [-0.3, -0.25) is 4.79 Å². The summed E-state index contributed by atoms with van der Waals surface area (Å²) in [6.45, 7) is 8.00. The first-order chi connectivity index (χ1) is 4.55. The van der Waals surface area contributed by atoms with E-state index in [0.717, 1.165) is 5.57 Å². The summed E-state index contributed by atoms with van der Waals surface area (Å²) in [6, 6.07) is 0. The van der Waals surface area contributed by atoms with E-state index in [1.807, 2.05) is 0 Å². The summed E-state index contributed by atoms with van der Waals surface area (Å²) in [5, 5.41) is 0. The Hall–Kier alpha value is -0.590. The molecule has 0 heterocycles. The highest BCUT2D eigenvalue weighted by molar-refractivity contribution is 5.96. The molecule has 56 valence electrons. The van der Waals surface area contributed by atoms with Crippen LogP contribution in [-0.4, -0.2) is 5.78 Å². The molecule has 1 heteroatoms. The van der Waals surface area contributed by atoms with E-state index in [4.69, 9.17) is 0 Å². The number of hydrogen-bond donors (Lipinski definition) is 0. The molecule has 0 N–H and O–H groups in total. The fourth-order valence-corrected chi connectivity index (χ4v) is 1.73. The lowest BCUT2D eigenvalue weighted by Gasteiger charge is -2.34. The molecule has 10 heavy (non-hydrogen) atoms. The fourth-order valence-electron chi connectivity index (χ4n) is 1.73. The van der Waals surface area contributed by atoms with Gasteiger partial charge < -0.3 is 0 Å². The lowest BCUT2D eigenvalue weighted by atomic mass is 9.69. The van der Waals surface area contributed by atoms with Gasteiger partial charge in [0.15, 0.2) is 5.78 Å². The predicted molar refractivity (Wildman–Crippen MR) is 41.7 cm³/mol. The van der Waals surface area contributed by atoms with Crippen molar-refractivity contribution in [3.8, 4) is 0 Å². The second-order valence-electron chi connectivity index (χ2n) is 3.23. The van der Waals surface area contributed by atoms with E-state index >= 15 is 0 Å². The third-order valence-electron chi connectivity index (χ3n) is 2.69. The van der Waals surface area contributed by atoms with Crippen LogP contribution in [0.2, 0.25) is 0 Å². The average molecular weight is 138 g/mol. The Morgan fingerprint density at radius 3 is 2.00 bits per heavy atom. The van der Waals surface area contributed by atoms with Crippen molar-refractivity contribution in [1.29, 1.82) is 0 Å². The molecule has 0 fully saturated rings. The van der Waals surface area contributed by atoms with E-state index in [0.29, 0.717) is 11.8 Å². The predicted octanol–water partition coefficient (Wildman–Crippen LogP) is 2.18. The molecule has 1 aliphatic rings. The van der Waals surface area contributed by atoms with Crippen molar-refractivity contribution in [2.75, 3.05) is 0 Å². The molecular weight excluding hydrogens is 124 g/mol. The Balaban J connectivity index is 2.88. The standard InChI is InChI=1S/C9H14O/c1-5-6(2)9(7(5)3)8(4)10/h5-6H,1-4H3. The minimum absolute atomic E-state index is 0.253. The number of carbonyl (C=O) groups excluding carboxylic acids is 1. The van der Waals surface area contributed by atoms with E-state index in [2.05, 4.69) is 20.8 Å². The van der Waals surface area contributed by atoms with Gasteiger partial charge in [0.25, 0.3) is 0 Å². The first kappa shape index (κ1) is 7.52. The van der Waals surface area contributed by atoms with E-state index in [-0.39, 0.29) is 5.78 Å². The number of hydrogen-bond acceptors (Lipinski definition) is 1. The van der Waals surface area contributed by atoms with Crippen molar-refractivity contribution in [2.45, 2.75) is 27.7 Å². The number of rotatable bonds is 1. The van der Waals surface area contributed by atoms with Crippen LogP contribution in [-0.2, 0) is 4.79 Å². The third kappa shape index (κ3) is 0.808. The summed E-state index contributed by atoms with van der Waals surface area (Å²) >= 11 is 0. The first-order valence-corrected chi connectivity index (χ1v) is 3.77. The van der Waals surface area contributed by atoms with Gasteiger partial charge in [0.05, 0.1) is 0 Å². The Morgan fingerprint density at radius 1 is 1.30 bits per heavy atom. The van der Waals surface area contributed by atoms with Crippen molar-refractivity contribution in [3.63, 3.8) is 0 Å². The number of carbonyl (C=O) groups is 1. The molecular formula is C9H14O. The zero-order valence-electron chi connectivity index (χ0n) is 7.06. The monoisotopic (exact) mass is 138 g/mol. The van der Waals surface area contributed by atoms with Gasteiger partial charge in [0.2, 0.25) is 0 Å². The topological polar surface area (TPSA) is 17.1 Å². The molecule has 2 atom stereocenters. The van der Waals surface area contributed by atoms with E-state index < -0.39 is 0 Å². The largest absolute Gasteiger partial charge is 0.295 e. The molecule has 0 amide bonds. The highest BCUT2D eigenvalue weighted by Gasteiger charge is 2.32. The van der Waals surface area contributed by atoms with Crippen LogP contribution in [0.4, 0.5) is 0 Å². The molecule has 0 aromatic rings. The molecule has 0 aliphatic heterocycles. The van der Waals surface area contributed by atoms with Crippen molar-refractivity contribution < 1.29 is 4.79 Å². The van der Waals surface area contributed by atoms with Gasteiger partial charge in [-0.2, -0.15) is 0 Å². The molecule has 0 saturated heterocycles. The Bertz CT molecular complexity index is 201. The van der Waals surface area contributed by atoms with Crippen LogP contribution in [0.3, 0.4) is 0 Å². The van der Waals surface area contributed by atoms with Crippen LogP contribution in [0.1, 0.15) is 27.7 Å². The Labute approximate surface area is 62.1 Å². The summed E-state index contributed by atoms with van der Waals surface area (Å²) in [6.07, 6.45) is 0. The minimum atomic E-state index is 0.253. The lowest BCUT2D eigenvalue weighted by Crippen LogP contribution is -2.28. The SMILES string of the molecule is CC(=O)C1=C(C)C(C)C1C. The van der Waals surface area contributed by atoms with Gasteiger partial charge in [-0.05, 0) is 31.3 Å². The number of Topliss-reactive ketones (excluding diaryl/α,β-unsaturated/α-hetero) is 1. The smallest absolute Gasteiger partial charge is 0.156 e. The third-order valence-corrected chi connectivity index (χ3v) is 2.69. The van der Waals surface area contributed by atoms with Gasteiger partial charge in [0, 0.05) is 0 Å². The van der Waals surface area contributed by atoms with E-state index in [1.54, 1.807) is 6.92 Å². The maximum atomic E-state index is 10.9. The van der Waals surface area contributed by atoms with Gasteiger partial charge >= 0.3 is 0 Å². The van der Waals surface area contributed by atoms with Gasteiger partial charge in [-0.1, -0.05) is 19.4 Å². The molecule has 0 radical (unpaired) electrons. The van der Waals surface area contributed by atoms with Crippen molar-refractivity contribution >= 4 is 5.78 Å². The summed E-state index contributed by atoms with van der Waals surface area (Å²) < 4.78 is 0. The summed E-state index contributed by atoms with van der Waals surface area (Å²) in [7, 11) is 0. The second kappa shape index (κ2) is 2.22. The summed E-state index contributed by atoms with van der Waals surface area (Å²) in [4.78, 5) is 10.9. The molecule has 0 saturated carbocycles. The van der Waals surface area contributed by atoms with Crippen LogP contribution < -0.4 is 0 Å². The molecule has 0 bridgehead atoms. The van der Waals surface area contributed by atoms with Crippen molar-refractivity contribution in [1.82, 2.24) is 0 Å². The van der Waals surface area contributed by atoms with E-state index in [9.17, 15) is 4.79 Å². The Kier molecular flexibility index (Phi) is 1.67. The molecule has 1 nitrogen and oxygen atoms in total. The Morgan fingerprint density at radius 2 is 1.80 bits per heavy atom. The van der Waals surface area contributed by atoms with Crippen molar-refractivity contribution in [3.05, 3.63) is 11.1 Å². The number of allylic oxidation sites excluding steroid dienone is 2. The van der Waals surface area contributed by atoms with Crippen LogP contribution in [0, 0.1) is 11.8 Å². The van der Waals surface area contributed by atoms with Gasteiger partial charge in [-0.15, -0.1) is 0 Å². The van der Waals surface area contributed by atoms with E-state index in [1.165, 1.54) is 5.57 Å². The van der Waals surface area contributed by atoms with Crippen LogP contribution in [0.25, 0.3) is 0 Å². The summed E-state index contributed by atoms with van der Waals surface area (Å²) in [5.74, 6) is 1.37. The maximum Gasteiger partial charge on any atom is 0.156 e. The molecule has 0 aromatic heterocycles.